The SMILES string of the molecule is Cn1ccnc1Sc1nnccc1C(=N)N. The highest BCUT2D eigenvalue weighted by molar-refractivity contribution is 7.99. The second-order valence-electron chi connectivity index (χ2n) is 3.09. The van der Waals surface area contributed by atoms with E-state index in [1.165, 1.54) is 18.0 Å². The Hall–Kier alpha value is -1.89. The Morgan fingerprint density at radius 3 is 2.94 bits per heavy atom. The van der Waals surface area contributed by atoms with Crippen molar-refractivity contribution in [3.63, 3.8) is 0 Å². The number of nitrogen functional groups attached to an aromatic ring is 1. The Kier molecular flexibility index (Phi) is 2.86. The van der Waals surface area contributed by atoms with Gasteiger partial charge in [0.25, 0.3) is 0 Å². The lowest BCUT2D eigenvalue weighted by molar-refractivity contribution is 0.786. The normalized spacial score (nSPS) is 10.3. The van der Waals surface area contributed by atoms with Crippen molar-refractivity contribution >= 4 is 17.6 Å². The Bertz CT molecular complexity index is 520. The lowest BCUT2D eigenvalue weighted by Gasteiger charge is -2.04. The highest BCUT2D eigenvalue weighted by Crippen LogP contribution is 2.25. The van der Waals surface area contributed by atoms with Crippen LogP contribution in [0.2, 0.25) is 0 Å². The van der Waals surface area contributed by atoms with Crippen LogP contribution < -0.4 is 5.73 Å². The Labute approximate surface area is 96.4 Å². The van der Waals surface area contributed by atoms with Gasteiger partial charge >= 0.3 is 0 Å². The molecule has 0 unspecified atom stereocenters. The third-order valence-electron chi connectivity index (χ3n) is 1.94. The van der Waals surface area contributed by atoms with Gasteiger partial charge in [0.05, 0.1) is 11.8 Å². The fourth-order valence-electron chi connectivity index (χ4n) is 1.14. The van der Waals surface area contributed by atoms with Gasteiger partial charge in [0.2, 0.25) is 0 Å². The minimum Gasteiger partial charge on any atom is -0.384 e. The minimum absolute atomic E-state index is 0.0217. The molecule has 0 aliphatic heterocycles. The first kappa shape index (κ1) is 10.6. The van der Waals surface area contributed by atoms with E-state index in [1.807, 2.05) is 17.8 Å². The molecule has 2 aromatic heterocycles. The number of nitrogens with one attached hydrogen (secondary N) is 1. The maximum absolute atomic E-state index is 7.43. The average molecular weight is 234 g/mol. The smallest absolute Gasteiger partial charge is 0.174 e. The van der Waals surface area contributed by atoms with Crippen LogP contribution in [0, 0.1) is 5.41 Å². The number of aryl methyl sites for hydroxylation is 1. The van der Waals surface area contributed by atoms with Gasteiger partial charge in [0, 0.05) is 19.4 Å². The van der Waals surface area contributed by atoms with E-state index < -0.39 is 0 Å². The molecule has 0 spiro atoms. The highest BCUT2D eigenvalue weighted by Gasteiger charge is 2.11. The lowest BCUT2D eigenvalue weighted by Crippen LogP contribution is -2.13. The monoisotopic (exact) mass is 234 g/mol. The molecule has 0 aromatic carbocycles. The number of hydrogen-bond acceptors (Lipinski definition) is 5. The zero-order valence-electron chi connectivity index (χ0n) is 8.58. The maximum atomic E-state index is 7.43. The molecule has 0 atom stereocenters. The first-order chi connectivity index (χ1) is 7.68. The standard InChI is InChI=1S/C9H10N6S/c1-15-5-4-12-9(15)16-8-6(7(10)11)2-3-13-14-8/h2-5H,1H3,(H3,10,11). The number of nitrogens with two attached hydrogens (primary N) is 1. The van der Waals surface area contributed by atoms with Crippen molar-refractivity contribution in [2.45, 2.75) is 10.2 Å². The second-order valence-corrected chi connectivity index (χ2v) is 4.04. The number of rotatable bonds is 3. The molecule has 0 aliphatic rings. The summed E-state index contributed by atoms with van der Waals surface area (Å²) in [5.41, 5.74) is 6.03. The predicted octanol–water partition coefficient (Wildman–Crippen LogP) is 0.645. The quantitative estimate of drug-likeness (QED) is 0.600. The van der Waals surface area contributed by atoms with Gasteiger partial charge in [-0.25, -0.2) is 4.98 Å². The highest BCUT2D eigenvalue weighted by atomic mass is 32.2. The van der Waals surface area contributed by atoms with Crippen molar-refractivity contribution in [3.8, 4) is 0 Å². The summed E-state index contributed by atoms with van der Waals surface area (Å²) in [7, 11) is 1.89. The van der Waals surface area contributed by atoms with E-state index in [0.717, 1.165) is 5.16 Å². The molecular formula is C9H10N6S. The fourth-order valence-corrected chi connectivity index (χ4v) is 2.00. The van der Waals surface area contributed by atoms with Gasteiger partial charge in [-0.1, -0.05) is 0 Å². The van der Waals surface area contributed by atoms with Gasteiger partial charge in [-0.05, 0) is 17.8 Å². The van der Waals surface area contributed by atoms with Crippen molar-refractivity contribution in [3.05, 3.63) is 30.2 Å². The van der Waals surface area contributed by atoms with Crippen LogP contribution in [0.1, 0.15) is 5.56 Å². The van der Waals surface area contributed by atoms with Crippen LogP contribution in [0.25, 0.3) is 0 Å². The molecule has 0 bridgehead atoms. The van der Waals surface area contributed by atoms with Crippen molar-refractivity contribution in [2.24, 2.45) is 12.8 Å². The van der Waals surface area contributed by atoms with Crippen molar-refractivity contribution in [2.75, 3.05) is 0 Å². The van der Waals surface area contributed by atoms with E-state index in [0.29, 0.717) is 10.6 Å². The van der Waals surface area contributed by atoms with E-state index in [4.69, 9.17) is 11.1 Å². The van der Waals surface area contributed by atoms with Crippen LogP contribution in [0.3, 0.4) is 0 Å². The average Bonchev–Trinajstić information content (AvgIpc) is 2.65. The van der Waals surface area contributed by atoms with Crippen LogP contribution >= 0.6 is 11.8 Å². The van der Waals surface area contributed by atoms with Gasteiger partial charge in [-0.15, -0.1) is 5.10 Å². The number of aromatic nitrogens is 4. The maximum Gasteiger partial charge on any atom is 0.174 e. The van der Waals surface area contributed by atoms with Crippen LogP contribution in [0.15, 0.2) is 34.8 Å². The summed E-state index contributed by atoms with van der Waals surface area (Å²) in [5.74, 6) is -0.0217. The molecule has 0 aliphatic carbocycles. The summed E-state index contributed by atoms with van der Waals surface area (Å²) < 4.78 is 1.86. The number of amidine groups is 1. The van der Waals surface area contributed by atoms with E-state index in [-0.39, 0.29) is 5.84 Å². The summed E-state index contributed by atoms with van der Waals surface area (Å²) in [6.07, 6.45) is 5.05. The van der Waals surface area contributed by atoms with Gasteiger partial charge in [-0.3, -0.25) is 5.41 Å². The second kappa shape index (κ2) is 4.31. The molecule has 2 heterocycles. The summed E-state index contributed by atoms with van der Waals surface area (Å²) >= 11 is 1.33. The first-order valence-electron chi connectivity index (χ1n) is 4.49. The molecule has 2 rings (SSSR count). The summed E-state index contributed by atoms with van der Waals surface area (Å²) in [5, 5.41) is 16.5. The van der Waals surface area contributed by atoms with Crippen LogP contribution in [0.4, 0.5) is 0 Å². The van der Waals surface area contributed by atoms with Crippen LogP contribution in [-0.2, 0) is 7.05 Å². The summed E-state index contributed by atoms with van der Waals surface area (Å²) in [6.45, 7) is 0. The van der Waals surface area contributed by atoms with Gasteiger partial charge in [0.15, 0.2) is 5.16 Å². The molecular weight excluding hydrogens is 224 g/mol. The third kappa shape index (κ3) is 2.03. The molecule has 82 valence electrons. The first-order valence-corrected chi connectivity index (χ1v) is 5.31. The molecule has 3 N–H and O–H groups in total. The van der Waals surface area contributed by atoms with Crippen LogP contribution in [-0.4, -0.2) is 25.6 Å². The Morgan fingerprint density at radius 2 is 2.31 bits per heavy atom. The van der Waals surface area contributed by atoms with E-state index >= 15 is 0 Å². The minimum atomic E-state index is -0.0217. The third-order valence-corrected chi connectivity index (χ3v) is 3.01. The molecule has 0 radical (unpaired) electrons. The molecule has 0 fully saturated rings. The number of imidazole rings is 1. The largest absolute Gasteiger partial charge is 0.384 e. The molecule has 16 heavy (non-hydrogen) atoms. The molecule has 2 aromatic rings. The van der Waals surface area contributed by atoms with Gasteiger partial charge < -0.3 is 10.3 Å². The molecule has 6 nitrogen and oxygen atoms in total. The molecule has 0 saturated carbocycles. The van der Waals surface area contributed by atoms with E-state index in [9.17, 15) is 0 Å². The zero-order chi connectivity index (χ0) is 11.5. The molecule has 0 saturated heterocycles. The summed E-state index contributed by atoms with van der Waals surface area (Å²) in [4.78, 5) is 4.16. The van der Waals surface area contributed by atoms with Crippen LogP contribution in [0.5, 0.6) is 0 Å². The van der Waals surface area contributed by atoms with E-state index in [1.54, 1.807) is 12.3 Å². The Morgan fingerprint density at radius 1 is 1.50 bits per heavy atom. The number of nitrogens with zero attached hydrogens (tertiary/aromatic N) is 4. The topological polar surface area (TPSA) is 93.5 Å². The van der Waals surface area contributed by atoms with Crippen molar-refractivity contribution in [1.29, 1.82) is 5.41 Å². The summed E-state index contributed by atoms with van der Waals surface area (Å²) in [6, 6.07) is 1.67. The molecule has 7 heteroatoms. The van der Waals surface area contributed by atoms with Gasteiger partial charge in [0.1, 0.15) is 10.9 Å². The predicted molar refractivity (Wildman–Crippen MR) is 60.4 cm³/mol. The Balaban J connectivity index is 2.35. The fraction of sp³-hybridized carbons (Fsp3) is 0.111. The lowest BCUT2D eigenvalue weighted by atomic mass is 10.3. The van der Waals surface area contributed by atoms with E-state index in [2.05, 4.69) is 15.2 Å². The zero-order valence-corrected chi connectivity index (χ0v) is 9.40. The van der Waals surface area contributed by atoms with Crippen molar-refractivity contribution in [1.82, 2.24) is 19.7 Å². The number of hydrogen-bond donors (Lipinski definition) is 2. The molecule has 0 amide bonds. The van der Waals surface area contributed by atoms with Gasteiger partial charge in [-0.2, -0.15) is 5.10 Å². The van der Waals surface area contributed by atoms with Crippen molar-refractivity contribution < 1.29 is 0 Å².